The lowest BCUT2D eigenvalue weighted by Crippen LogP contribution is -2.65. The highest BCUT2D eigenvalue weighted by Crippen LogP contribution is 2.37. The van der Waals surface area contributed by atoms with Crippen LogP contribution in [0.1, 0.15) is 112 Å². The highest BCUT2D eigenvalue weighted by Gasteiger charge is 2.56. The molecule has 1 saturated heterocycles. The summed E-state index contributed by atoms with van der Waals surface area (Å²) >= 11 is 0. The van der Waals surface area contributed by atoms with Crippen molar-refractivity contribution in [2.45, 2.75) is 146 Å². The van der Waals surface area contributed by atoms with Crippen LogP contribution in [-0.4, -0.2) is 92.1 Å². The van der Waals surface area contributed by atoms with Gasteiger partial charge in [0.1, 0.15) is 18.5 Å². The van der Waals surface area contributed by atoms with Gasteiger partial charge in [0.05, 0.1) is 27.0 Å². The number of aromatic hydroxyl groups is 1. The van der Waals surface area contributed by atoms with Crippen molar-refractivity contribution in [2.24, 2.45) is 21.7 Å². The molecule has 16 nitrogen and oxygen atoms in total. The predicted octanol–water partition coefficient (Wildman–Crippen LogP) is 6.35. The fourth-order valence-electron chi connectivity index (χ4n) is 5.72. The van der Waals surface area contributed by atoms with Crippen molar-refractivity contribution in [1.82, 2.24) is 14.8 Å². The van der Waals surface area contributed by atoms with E-state index >= 15 is 0 Å². The minimum Gasteiger partial charge on any atom is -0.508 e. The van der Waals surface area contributed by atoms with Crippen molar-refractivity contribution in [3.63, 3.8) is 0 Å². The average Bonchev–Trinajstić information content (AvgIpc) is 3.60. The highest BCUT2D eigenvalue weighted by atomic mass is 16.7. The molecule has 0 saturated carbocycles. The van der Waals surface area contributed by atoms with Gasteiger partial charge in [0, 0.05) is 24.6 Å². The van der Waals surface area contributed by atoms with Crippen LogP contribution in [0.3, 0.4) is 0 Å². The van der Waals surface area contributed by atoms with E-state index < -0.39 is 110 Å². The standard InChI is InChI=1S/C44H61N3O13/c1-41(2,3)37(51)55-24-28-31(57-38(52)42(4,5)6)32(58-39(53)43(7,8)9)33(59-40(54)44(10,11)12)36(56-28)60-35-30-26(18-15-25-16-19-27(48)20-17-25)21-22-45-34(30)47(46-35)23-13-14-29(49)50/h16-17,19-22,28,31-33,36,48H,13-15,18,23-24H2,1-12H3,(H,49,50)/t28-,31-,32+,33-,36?/m1/s1/i1D,4D,7D,10D. The van der Waals surface area contributed by atoms with Crippen LogP contribution in [0.15, 0.2) is 36.5 Å². The van der Waals surface area contributed by atoms with Crippen LogP contribution in [0.2, 0.25) is 0 Å². The van der Waals surface area contributed by atoms with E-state index in [0.29, 0.717) is 29.4 Å². The van der Waals surface area contributed by atoms with Gasteiger partial charge in [-0.05, 0) is 132 Å². The van der Waals surface area contributed by atoms with Crippen LogP contribution in [0.25, 0.3) is 11.0 Å². The number of aliphatic carboxylic acids is 1. The molecule has 60 heavy (non-hydrogen) atoms. The lowest BCUT2D eigenvalue weighted by molar-refractivity contribution is -0.294. The average molecular weight is 844 g/mol. The van der Waals surface area contributed by atoms with Crippen LogP contribution < -0.4 is 4.74 Å². The second-order valence-electron chi connectivity index (χ2n) is 17.8. The third-order valence-corrected chi connectivity index (χ3v) is 9.20. The van der Waals surface area contributed by atoms with Gasteiger partial charge in [0.2, 0.25) is 18.3 Å². The fourth-order valence-corrected chi connectivity index (χ4v) is 5.72. The first-order chi connectivity index (χ1) is 29.9. The number of pyridine rings is 1. The largest absolute Gasteiger partial charge is 0.508 e. The van der Waals surface area contributed by atoms with Gasteiger partial charge >= 0.3 is 29.8 Å². The lowest BCUT2D eigenvalue weighted by Gasteiger charge is -2.45. The number of phenolic OH excluding ortho intramolecular Hbond substituents is 1. The van der Waals surface area contributed by atoms with Gasteiger partial charge in [-0.2, -0.15) is 0 Å². The van der Waals surface area contributed by atoms with E-state index in [4.69, 9.17) is 33.9 Å². The summed E-state index contributed by atoms with van der Waals surface area (Å²) in [4.78, 5) is 71.1. The molecule has 2 aromatic heterocycles. The first-order valence-electron chi connectivity index (χ1n) is 22.4. The topological polar surface area (TPSA) is 212 Å². The molecule has 5 atom stereocenters. The number of carboxylic acid groups (broad SMARTS) is 1. The third-order valence-electron chi connectivity index (χ3n) is 9.20. The quantitative estimate of drug-likeness (QED) is 0.134. The number of hydrogen-bond donors (Lipinski definition) is 2. The molecule has 0 spiro atoms. The monoisotopic (exact) mass is 843 g/mol. The Morgan fingerprint density at radius 1 is 0.767 bits per heavy atom. The number of fused-ring (bicyclic) bond motifs is 1. The molecular weight excluding hydrogens is 778 g/mol. The summed E-state index contributed by atoms with van der Waals surface area (Å²) in [5.74, 6) is -4.73. The molecule has 4 rings (SSSR count). The highest BCUT2D eigenvalue weighted by molar-refractivity contribution is 5.85. The molecule has 3 heterocycles. The van der Waals surface area contributed by atoms with E-state index in [1.54, 1.807) is 36.5 Å². The van der Waals surface area contributed by atoms with E-state index in [1.165, 1.54) is 60.1 Å². The number of phenols is 1. The molecule has 1 aromatic carbocycles. The van der Waals surface area contributed by atoms with Crippen molar-refractivity contribution in [3.05, 3.63) is 47.7 Å². The van der Waals surface area contributed by atoms with Crippen LogP contribution in [0, 0.1) is 21.7 Å². The molecule has 0 aliphatic carbocycles. The Hall–Kier alpha value is -5.25. The fraction of sp³-hybridized carbons (Fsp3) is 0.614. The van der Waals surface area contributed by atoms with Gasteiger partial charge in [-0.1, -0.05) is 12.1 Å². The third kappa shape index (κ3) is 12.4. The number of aromatic nitrogens is 3. The zero-order chi connectivity index (χ0) is 47.8. The zero-order valence-electron chi connectivity index (χ0n) is 39.6. The number of ether oxygens (including phenoxy) is 6. The molecule has 1 fully saturated rings. The van der Waals surface area contributed by atoms with Crippen LogP contribution in [0.5, 0.6) is 11.6 Å². The molecule has 0 radical (unpaired) electrons. The van der Waals surface area contributed by atoms with Gasteiger partial charge in [-0.3, -0.25) is 24.0 Å². The maximum absolute atomic E-state index is 14.0. The molecule has 1 aliphatic heterocycles. The smallest absolute Gasteiger partial charge is 0.311 e. The van der Waals surface area contributed by atoms with E-state index in [0.717, 1.165) is 5.56 Å². The second kappa shape index (κ2) is 18.6. The molecule has 0 amide bonds. The maximum atomic E-state index is 14.0. The van der Waals surface area contributed by atoms with E-state index in [2.05, 4.69) is 10.1 Å². The molecule has 1 aliphatic rings. The molecule has 16 heteroatoms. The summed E-state index contributed by atoms with van der Waals surface area (Å²) in [7, 11) is 0. The summed E-state index contributed by atoms with van der Waals surface area (Å²) in [5.41, 5.74) is -3.76. The Labute approximate surface area is 356 Å². The number of carboxylic acids is 1. The summed E-state index contributed by atoms with van der Waals surface area (Å²) < 4.78 is 70.5. The molecule has 0 bridgehead atoms. The minimum atomic E-state index is -1.80. The van der Waals surface area contributed by atoms with Crippen molar-refractivity contribution in [3.8, 4) is 11.6 Å². The number of carbonyl (C=O) groups excluding carboxylic acids is 4. The SMILES string of the molecule is [2H]CC(C)(C)C(=O)OC[C@H]1OC(Oc2nn(CCCC(=O)O)c3nccc(CCc4ccc(O)cc4)c23)[C@H](OC(=O)C(C)(C)C[2H])[C@@H](OC(=O)C(C)(C)C[2H])[C@@H]1OC(=O)C(C)(C)C[2H]. The molecule has 3 aromatic rings. The van der Waals surface area contributed by atoms with Crippen molar-refractivity contribution < 1.29 is 68.1 Å². The number of aryl methyl sites for hydroxylation is 3. The summed E-state index contributed by atoms with van der Waals surface area (Å²) in [6, 6.07) is 8.39. The van der Waals surface area contributed by atoms with Crippen molar-refractivity contribution in [1.29, 1.82) is 0 Å². The number of nitrogens with zero attached hydrogens (tertiary/aromatic N) is 3. The second-order valence-corrected chi connectivity index (χ2v) is 17.8. The van der Waals surface area contributed by atoms with E-state index in [-0.39, 0.29) is 37.9 Å². The minimum absolute atomic E-state index is 0.0822. The van der Waals surface area contributed by atoms with Crippen LogP contribution in [0.4, 0.5) is 0 Å². The number of carbonyl (C=O) groups is 5. The lowest BCUT2D eigenvalue weighted by atomic mass is 9.93. The number of esters is 4. The maximum Gasteiger partial charge on any atom is 0.311 e. The summed E-state index contributed by atoms with van der Waals surface area (Å²) in [5, 5.41) is 24.3. The number of benzene rings is 1. The first kappa shape index (κ1) is 41.5. The number of rotatable bonds is 14. The molecule has 1 unspecified atom stereocenters. The van der Waals surface area contributed by atoms with Gasteiger partial charge in [-0.25, -0.2) is 9.67 Å². The Morgan fingerprint density at radius 2 is 1.32 bits per heavy atom. The van der Waals surface area contributed by atoms with Crippen LogP contribution in [-0.2, 0) is 67.0 Å². The Bertz CT molecular complexity index is 2130. The van der Waals surface area contributed by atoms with Gasteiger partial charge in [-0.15, -0.1) is 5.10 Å². The predicted molar refractivity (Wildman–Crippen MR) is 218 cm³/mol. The molecular formula is C44H61N3O13. The van der Waals surface area contributed by atoms with E-state index in [1.807, 2.05) is 0 Å². The zero-order valence-corrected chi connectivity index (χ0v) is 35.6. The van der Waals surface area contributed by atoms with Crippen molar-refractivity contribution >= 4 is 40.9 Å². The Kier molecular flexibility index (Phi) is 12.8. The molecule has 330 valence electrons. The first-order valence-corrected chi connectivity index (χ1v) is 19.5. The van der Waals surface area contributed by atoms with Gasteiger partial charge in [0.25, 0.3) is 0 Å². The molecule has 2 N–H and O–H groups in total. The van der Waals surface area contributed by atoms with E-state index in [9.17, 15) is 34.2 Å². The van der Waals surface area contributed by atoms with Crippen LogP contribution >= 0.6 is 0 Å². The normalized spacial score (nSPS) is 20.8. The van der Waals surface area contributed by atoms with Crippen molar-refractivity contribution in [2.75, 3.05) is 6.61 Å². The Balaban J connectivity index is 1.96. The Morgan fingerprint density at radius 3 is 1.88 bits per heavy atom. The summed E-state index contributed by atoms with van der Waals surface area (Å²) in [6.45, 7) is 9.43. The summed E-state index contributed by atoms with van der Waals surface area (Å²) in [6.07, 6.45) is -6.25. The van der Waals surface area contributed by atoms with Gasteiger partial charge < -0.3 is 38.6 Å². The number of hydrogen-bond acceptors (Lipinski definition) is 14. The van der Waals surface area contributed by atoms with Gasteiger partial charge in [0.15, 0.2) is 17.9 Å².